The van der Waals surface area contributed by atoms with Gasteiger partial charge < -0.3 is 9.97 Å². The molecule has 114 valence electrons. The third-order valence-electron chi connectivity index (χ3n) is 3.05. The van der Waals surface area contributed by atoms with E-state index in [0.717, 1.165) is 0 Å². The number of nitrogens with one attached hydrogen (secondary N) is 2. The number of fused-ring (bicyclic) bond motifs is 2. The van der Waals surface area contributed by atoms with E-state index in [0.29, 0.717) is 26.6 Å². The molecule has 2 N–H and O–H groups in total. The fourth-order valence-electron chi connectivity index (χ4n) is 2.04. The van der Waals surface area contributed by atoms with Gasteiger partial charge in [0.25, 0.3) is 0 Å². The van der Waals surface area contributed by atoms with Gasteiger partial charge in [-0.2, -0.15) is 5.26 Å². The van der Waals surface area contributed by atoms with Crippen molar-refractivity contribution in [2.24, 2.45) is 0 Å². The summed E-state index contributed by atoms with van der Waals surface area (Å²) in [6.07, 6.45) is 2.87. The predicted molar refractivity (Wildman–Crippen MR) is 84.5 cm³/mol. The number of aromatic nitrogens is 4. The van der Waals surface area contributed by atoms with Crippen LogP contribution in [0.2, 0.25) is 0 Å². The first kappa shape index (κ1) is 15.1. The molecule has 4 aromatic rings. The number of benzene rings is 2. The van der Waals surface area contributed by atoms with Gasteiger partial charge in [0.2, 0.25) is 0 Å². The van der Waals surface area contributed by atoms with Crippen LogP contribution < -0.4 is 0 Å². The highest BCUT2D eigenvalue weighted by Gasteiger charge is 2.05. The summed E-state index contributed by atoms with van der Waals surface area (Å²) in [5.74, 6) is -0.777. The van der Waals surface area contributed by atoms with Crippen LogP contribution in [0.25, 0.3) is 22.1 Å². The van der Waals surface area contributed by atoms with Crippen molar-refractivity contribution in [3.05, 3.63) is 58.6 Å². The number of rotatable bonds is 0. The number of H-pyrrole nitrogens is 2. The van der Waals surface area contributed by atoms with E-state index in [9.17, 15) is 8.78 Å². The monoisotopic (exact) mass is 375 g/mol. The molecule has 0 bridgehead atoms. The molecule has 0 aliphatic heterocycles. The molecule has 0 fully saturated rings. The third-order valence-corrected chi connectivity index (χ3v) is 3.51. The number of imidazole rings is 2. The average Bonchev–Trinajstić information content (AvgIpc) is 3.16. The van der Waals surface area contributed by atoms with E-state index in [1.54, 1.807) is 12.1 Å². The highest BCUT2D eigenvalue weighted by atomic mass is 79.9. The lowest BCUT2D eigenvalue weighted by molar-refractivity contribution is 0.636. The molecule has 2 heterocycles. The Morgan fingerprint density at radius 2 is 1.48 bits per heavy atom. The van der Waals surface area contributed by atoms with Crippen LogP contribution in [0, 0.1) is 23.0 Å². The van der Waals surface area contributed by atoms with E-state index in [1.165, 1.54) is 24.8 Å². The van der Waals surface area contributed by atoms with Crippen LogP contribution in [-0.4, -0.2) is 19.9 Å². The number of hydrogen-bond donors (Lipinski definition) is 2. The molecule has 0 amide bonds. The minimum Gasteiger partial charge on any atom is -0.344 e. The van der Waals surface area contributed by atoms with Gasteiger partial charge in [0, 0.05) is 4.47 Å². The molecule has 5 nitrogen and oxygen atoms in total. The number of halogens is 3. The molecule has 2 aromatic carbocycles. The standard InChI is InChI=1S/C8H4FN3.C7H4BrFN2/c9-6-1-5(3-10)2-7-8(6)12-4-11-7;8-4-1-5(9)7-6(2-4)10-3-11-7/h1-2,4H,(H,11,12);1-3H,(H,10,11). The number of nitriles is 1. The molecule has 0 aliphatic rings. The SMILES string of the molecule is Fc1cc(Br)cc2[nH]cnc12.N#Cc1cc(F)c2nc[nH]c2c1. The first-order valence-corrected chi connectivity index (χ1v) is 7.18. The lowest BCUT2D eigenvalue weighted by atomic mass is 10.2. The summed E-state index contributed by atoms with van der Waals surface area (Å²) in [6.45, 7) is 0. The van der Waals surface area contributed by atoms with Gasteiger partial charge in [0.1, 0.15) is 11.0 Å². The van der Waals surface area contributed by atoms with Crippen LogP contribution in [0.15, 0.2) is 41.4 Å². The Morgan fingerprint density at radius 1 is 0.913 bits per heavy atom. The van der Waals surface area contributed by atoms with Crippen LogP contribution in [0.3, 0.4) is 0 Å². The zero-order valence-electron chi connectivity index (χ0n) is 11.4. The summed E-state index contributed by atoms with van der Waals surface area (Å²) in [6, 6.07) is 7.77. The summed E-state index contributed by atoms with van der Waals surface area (Å²) in [5.41, 5.74) is 2.20. The van der Waals surface area contributed by atoms with E-state index in [1.807, 2.05) is 6.07 Å². The minimum absolute atomic E-state index is 0.272. The Labute approximate surface area is 137 Å². The van der Waals surface area contributed by atoms with Crippen LogP contribution in [0.1, 0.15) is 5.56 Å². The molecule has 0 spiro atoms. The Bertz CT molecular complexity index is 1030. The first-order chi connectivity index (χ1) is 11.1. The zero-order chi connectivity index (χ0) is 16.4. The van der Waals surface area contributed by atoms with E-state index >= 15 is 0 Å². The van der Waals surface area contributed by atoms with Crippen LogP contribution in [0.4, 0.5) is 8.78 Å². The smallest absolute Gasteiger partial charge is 0.152 e. The Hall–Kier alpha value is -2.79. The molecule has 0 unspecified atom stereocenters. The van der Waals surface area contributed by atoms with Crippen molar-refractivity contribution in [3.8, 4) is 6.07 Å². The predicted octanol–water partition coefficient (Wildman–Crippen LogP) is 4.04. The van der Waals surface area contributed by atoms with Crippen molar-refractivity contribution in [3.63, 3.8) is 0 Å². The van der Waals surface area contributed by atoms with Crippen molar-refractivity contribution in [1.82, 2.24) is 19.9 Å². The molecule has 23 heavy (non-hydrogen) atoms. The lowest BCUT2D eigenvalue weighted by Gasteiger charge is -1.91. The summed E-state index contributed by atoms with van der Waals surface area (Å²) in [7, 11) is 0. The molecule has 0 aliphatic carbocycles. The van der Waals surface area contributed by atoms with Gasteiger partial charge in [-0.1, -0.05) is 15.9 Å². The Balaban J connectivity index is 0.000000136. The average molecular weight is 376 g/mol. The molecule has 0 saturated carbocycles. The maximum Gasteiger partial charge on any atom is 0.152 e. The maximum absolute atomic E-state index is 13.0. The molecule has 0 atom stereocenters. The van der Waals surface area contributed by atoms with Gasteiger partial charge in [0.15, 0.2) is 11.6 Å². The van der Waals surface area contributed by atoms with Gasteiger partial charge in [-0.15, -0.1) is 0 Å². The van der Waals surface area contributed by atoms with Gasteiger partial charge in [-0.05, 0) is 24.3 Å². The number of nitrogens with zero attached hydrogens (tertiary/aromatic N) is 3. The van der Waals surface area contributed by atoms with Crippen molar-refractivity contribution in [2.45, 2.75) is 0 Å². The van der Waals surface area contributed by atoms with Crippen LogP contribution in [0.5, 0.6) is 0 Å². The summed E-state index contributed by atoms with van der Waals surface area (Å²) >= 11 is 3.18. The fraction of sp³-hybridized carbons (Fsp3) is 0. The highest BCUT2D eigenvalue weighted by Crippen LogP contribution is 2.19. The second-order valence-corrected chi connectivity index (χ2v) is 5.47. The first-order valence-electron chi connectivity index (χ1n) is 6.39. The van der Waals surface area contributed by atoms with E-state index in [-0.39, 0.29) is 11.3 Å². The lowest BCUT2D eigenvalue weighted by Crippen LogP contribution is -1.81. The van der Waals surface area contributed by atoms with Crippen LogP contribution in [-0.2, 0) is 0 Å². The van der Waals surface area contributed by atoms with E-state index in [2.05, 4.69) is 35.9 Å². The van der Waals surface area contributed by atoms with E-state index < -0.39 is 5.82 Å². The third kappa shape index (κ3) is 3.05. The Morgan fingerprint density at radius 3 is 2.09 bits per heavy atom. The molecular formula is C15H8BrF2N5. The molecule has 0 saturated heterocycles. The quantitative estimate of drug-likeness (QED) is 0.486. The largest absolute Gasteiger partial charge is 0.344 e. The summed E-state index contributed by atoms with van der Waals surface area (Å²) in [4.78, 5) is 13.1. The molecule has 2 aromatic heterocycles. The highest BCUT2D eigenvalue weighted by molar-refractivity contribution is 9.10. The Kier molecular flexibility index (Phi) is 4.04. The topological polar surface area (TPSA) is 81.2 Å². The summed E-state index contributed by atoms with van der Waals surface area (Å²) < 4.78 is 26.7. The van der Waals surface area contributed by atoms with Crippen molar-refractivity contribution in [1.29, 1.82) is 5.26 Å². The van der Waals surface area contributed by atoms with Crippen LogP contribution >= 0.6 is 15.9 Å². The van der Waals surface area contributed by atoms with Crippen molar-refractivity contribution in [2.75, 3.05) is 0 Å². The molecule has 4 rings (SSSR count). The molecule has 8 heteroatoms. The van der Waals surface area contributed by atoms with E-state index in [4.69, 9.17) is 5.26 Å². The summed E-state index contributed by atoms with van der Waals surface area (Å²) in [5, 5.41) is 8.51. The van der Waals surface area contributed by atoms with Gasteiger partial charge in [-0.3, -0.25) is 0 Å². The number of hydrogen-bond acceptors (Lipinski definition) is 3. The molecular weight excluding hydrogens is 368 g/mol. The zero-order valence-corrected chi connectivity index (χ0v) is 13.0. The second kappa shape index (κ2) is 6.14. The maximum atomic E-state index is 13.0. The van der Waals surface area contributed by atoms with Gasteiger partial charge in [0.05, 0.1) is 35.3 Å². The number of aromatic amines is 2. The van der Waals surface area contributed by atoms with Crippen molar-refractivity contribution < 1.29 is 8.78 Å². The fourth-order valence-corrected chi connectivity index (χ4v) is 2.47. The van der Waals surface area contributed by atoms with Gasteiger partial charge in [-0.25, -0.2) is 18.7 Å². The van der Waals surface area contributed by atoms with Gasteiger partial charge >= 0.3 is 0 Å². The normalized spacial score (nSPS) is 10.3. The minimum atomic E-state index is -0.467. The molecule has 0 radical (unpaired) electrons. The van der Waals surface area contributed by atoms with Crippen molar-refractivity contribution >= 4 is 38.0 Å². The second-order valence-electron chi connectivity index (χ2n) is 4.55.